The molecule has 16 heavy (non-hydrogen) atoms. The topological polar surface area (TPSA) is 44.1 Å². The van der Waals surface area contributed by atoms with Gasteiger partial charge in [0.15, 0.2) is 0 Å². The first-order chi connectivity index (χ1) is 7.31. The average molecular weight is 301 g/mol. The Kier molecular flexibility index (Phi) is 4.09. The molecule has 0 aromatic carbocycles. The van der Waals surface area contributed by atoms with Crippen LogP contribution in [-0.2, 0) is 11.8 Å². The Hall–Kier alpha value is -0.890. The molecule has 0 saturated heterocycles. The molecule has 0 spiro atoms. The summed E-state index contributed by atoms with van der Waals surface area (Å²) >= 11 is 3.07. The first-order valence-corrected chi connectivity index (χ1v) is 4.96. The van der Waals surface area contributed by atoms with Crippen molar-refractivity contribution >= 4 is 21.7 Å². The summed E-state index contributed by atoms with van der Waals surface area (Å²) in [5.41, 5.74) is 0.183. The van der Waals surface area contributed by atoms with E-state index in [0.29, 0.717) is 4.47 Å². The molecule has 0 amide bonds. The fraction of sp³-hybridized carbons (Fsp3) is 0.500. The molecule has 0 radical (unpaired) electrons. The van der Waals surface area contributed by atoms with E-state index in [0.717, 1.165) is 0 Å². The summed E-state index contributed by atoms with van der Waals surface area (Å²) in [6.45, 7) is -2.06. The molecule has 4 nitrogen and oxygen atoms in total. The predicted molar refractivity (Wildman–Crippen MR) is 52.1 cm³/mol. The molecule has 1 heterocycles. The van der Waals surface area contributed by atoms with Gasteiger partial charge in [-0.1, -0.05) is 0 Å². The monoisotopic (exact) mass is 300 g/mol. The van der Waals surface area contributed by atoms with Gasteiger partial charge in [0, 0.05) is 7.05 Å². The van der Waals surface area contributed by atoms with Gasteiger partial charge >= 0.3 is 6.18 Å². The maximum absolute atomic E-state index is 11.7. The van der Waals surface area contributed by atoms with Crippen LogP contribution in [-0.4, -0.2) is 35.0 Å². The van der Waals surface area contributed by atoms with Crippen LogP contribution in [0.1, 0.15) is 10.5 Å². The number of ketones is 1. The highest BCUT2D eigenvalue weighted by Gasteiger charge is 2.28. The van der Waals surface area contributed by atoms with Gasteiger partial charge in [0.25, 0.3) is 0 Å². The van der Waals surface area contributed by atoms with Gasteiger partial charge in [0.1, 0.15) is 18.9 Å². The lowest BCUT2D eigenvalue weighted by atomic mass is 10.3. The lowest BCUT2D eigenvalue weighted by Gasteiger charge is -2.07. The van der Waals surface area contributed by atoms with Gasteiger partial charge in [-0.15, -0.1) is 0 Å². The number of hydrogen-bond acceptors (Lipinski definition) is 3. The summed E-state index contributed by atoms with van der Waals surface area (Å²) in [6, 6.07) is 0. The number of ether oxygens (including phenoxy) is 1. The Labute approximate surface area is 97.5 Å². The lowest BCUT2D eigenvalue weighted by molar-refractivity contribution is -0.170. The summed E-state index contributed by atoms with van der Waals surface area (Å²) in [5, 5.41) is 3.77. The molecule has 0 fully saturated rings. The SMILES string of the molecule is Cn1ncc(Br)c1C(=O)COCC(F)(F)F. The van der Waals surface area contributed by atoms with Crippen LogP contribution in [0, 0.1) is 0 Å². The third-order valence-corrected chi connectivity index (χ3v) is 2.24. The third kappa shape index (κ3) is 3.60. The number of aryl methyl sites for hydroxylation is 1. The highest BCUT2D eigenvalue weighted by atomic mass is 79.9. The minimum atomic E-state index is -4.43. The number of hydrogen-bond donors (Lipinski definition) is 0. The molecule has 1 aromatic heterocycles. The van der Waals surface area contributed by atoms with E-state index in [2.05, 4.69) is 25.8 Å². The van der Waals surface area contributed by atoms with Crippen molar-refractivity contribution in [2.45, 2.75) is 6.18 Å². The zero-order chi connectivity index (χ0) is 12.3. The van der Waals surface area contributed by atoms with E-state index in [1.165, 1.54) is 17.9 Å². The molecule has 0 saturated carbocycles. The van der Waals surface area contributed by atoms with Crippen LogP contribution in [0.25, 0.3) is 0 Å². The standard InChI is InChI=1S/C8H8BrF3N2O2/c1-14-7(5(9)2-13-14)6(15)3-16-4-8(10,11)12/h2H,3-4H2,1H3. The first kappa shape index (κ1) is 13.2. The van der Waals surface area contributed by atoms with Crippen molar-refractivity contribution in [3.63, 3.8) is 0 Å². The molecular formula is C8H8BrF3N2O2. The van der Waals surface area contributed by atoms with Gasteiger partial charge in [-0.05, 0) is 15.9 Å². The molecule has 90 valence electrons. The number of alkyl halides is 3. The van der Waals surface area contributed by atoms with Crippen LogP contribution >= 0.6 is 15.9 Å². The van der Waals surface area contributed by atoms with Gasteiger partial charge in [0.2, 0.25) is 5.78 Å². The highest BCUT2D eigenvalue weighted by Crippen LogP contribution is 2.17. The molecule has 0 bridgehead atoms. The third-order valence-electron chi connectivity index (χ3n) is 1.66. The zero-order valence-corrected chi connectivity index (χ0v) is 9.80. The van der Waals surface area contributed by atoms with E-state index >= 15 is 0 Å². The Balaban J connectivity index is 2.54. The minimum Gasteiger partial charge on any atom is -0.364 e. The minimum absolute atomic E-state index is 0.183. The molecular weight excluding hydrogens is 293 g/mol. The van der Waals surface area contributed by atoms with Gasteiger partial charge in [-0.2, -0.15) is 18.3 Å². The summed E-state index contributed by atoms with van der Waals surface area (Å²) < 4.78 is 41.2. The highest BCUT2D eigenvalue weighted by molar-refractivity contribution is 9.10. The number of nitrogens with zero attached hydrogens (tertiary/aromatic N) is 2. The van der Waals surface area contributed by atoms with Crippen LogP contribution < -0.4 is 0 Å². The number of Topliss-reactive ketones (excluding diaryl/α,β-unsaturated/α-hetero) is 1. The van der Waals surface area contributed by atoms with Gasteiger partial charge in [-0.3, -0.25) is 9.48 Å². The van der Waals surface area contributed by atoms with E-state index in [1.54, 1.807) is 0 Å². The van der Waals surface area contributed by atoms with Crippen LogP contribution in [0.5, 0.6) is 0 Å². The molecule has 0 aliphatic rings. The first-order valence-electron chi connectivity index (χ1n) is 4.16. The van der Waals surface area contributed by atoms with E-state index in [-0.39, 0.29) is 5.69 Å². The molecule has 1 rings (SSSR count). The maximum Gasteiger partial charge on any atom is 0.411 e. The second-order valence-electron chi connectivity index (χ2n) is 3.00. The van der Waals surface area contributed by atoms with E-state index < -0.39 is 25.2 Å². The Morgan fingerprint density at radius 2 is 2.25 bits per heavy atom. The number of carbonyl (C=O) groups excluding carboxylic acids is 1. The summed E-state index contributed by atoms with van der Waals surface area (Å²) in [7, 11) is 1.52. The van der Waals surface area contributed by atoms with E-state index in [1.807, 2.05) is 0 Å². The molecule has 0 unspecified atom stereocenters. The number of carbonyl (C=O) groups is 1. The molecule has 0 N–H and O–H groups in total. The van der Waals surface area contributed by atoms with Crippen molar-refractivity contribution in [2.75, 3.05) is 13.2 Å². The fourth-order valence-corrected chi connectivity index (χ4v) is 1.62. The largest absolute Gasteiger partial charge is 0.411 e. The summed E-state index contributed by atoms with van der Waals surface area (Å²) in [5.74, 6) is -0.559. The molecule has 1 aromatic rings. The quantitative estimate of drug-likeness (QED) is 0.798. The molecule has 0 aliphatic carbocycles. The Morgan fingerprint density at radius 3 is 2.69 bits per heavy atom. The van der Waals surface area contributed by atoms with Crippen molar-refractivity contribution in [1.29, 1.82) is 0 Å². The van der Waals surface area contributed by atoms with Crippen molar-refractivity contribution < 1.29 is 22.7 Å². The number of aromatic nitrogens is 2. The maximum atomic E-state index is 11.7. The van der Waals surface area contributed by atoms with Crippen molar-refractivity contribution in [2.24, 2.45) is 7.05 Å². The summed E-state index contributed by atoms with van der Waals surface area (Å²) in [4.78, 5) is 11.5. The number of rotatable bonds is 4. The van der Waals surface area contributed by atoms with Crippen molar-refractivity contribution in [3.05, 3.63) is 16.4 Å². The second-order valence-corrected chi connectivity index (χ2v) is 3.85. The van der Waals surface area contributed by atoms with E-state index in [9.17, 15) is 18.0 Å². The Morgan fingerprint density at radius 1 is 1.62 bits per heavy atom. The normalized spacial score (nSPS) is 11.8. The fourth-order valence-electron chi connectivity index (χ4n) is 1.05. The lowest BCUT2D eigenvalue weighted by Crippen LogP contribution is -2.21. The second kappa shape index (κ2) is 4.96. The number of halogens is 4. The van der Waals surface area contributed by atoms with Crippen LogP contribution in [0.3, 0.4) is 0 Å². The van der Waals surface area contributed by atoms with Gasteiger partial charge < -0.3 is 4.74 Å². The van der Waals surface area contributed by atoms with Crippen LogP contribution in [0.2, 0.25) is 0 Å². The van der Waals surface area contributed by atoms with Crippen molar-refractivity contribution in [1.82, 2.24) is 9.78 Å². The van der Waals surface area contributed by atoms with Crippen LogP contribution in [0.4, 0.5) is 13.2 Å². The van der Waals surface area contributed by atoms with Crippen molar-refractivity contribution in [3.8, 4) is 0 Å². The van der Waals surface area contributed by atoms with Crippen LogP contribution in [0.15, 0.2) is 10.7 Å². The van der Waals surface area contributed by atoms with Gasteiger partial charge in [-0.25, -0.2) is 0 Å². The average Bonchev–Trinajstić information content (AvgIpc) is 2.43. The smallest absolute Gasteiger partial charge is 0.364 e. The van der Waals surface area contributed by atoms with Gasteiger partial charge in [0.05, 0.1) is 10.7 Å². The molecule has 0 aliphatic heterocycles. The predicted octanol–water partition coefficient (Wildman–Crippen LogP) is 1.94. The Bertz CT molecular complexity index is 370. The summed E-state index contributed by atoms with van der Waals surface area (Å²) in [6.07, 6.45) is -3.04. The zero-order valence-electron chi connectivity index (χ0n) is 8.21. The molecule has 8 heteroatoms. The van der Waals surface area contributed by atoms with E-state index in [4.69, 9.17) is 0 Å². The molecule has 0 atom stereocenters.